The van der Waals surface area contributed by atoms with E-state index < -0.39 is 16.8 Å². The zero-order valence-corrected chi connectivity index (χ0v) is 6.65. The number of aliphatic hydroxyl groups is 1. The number of hydrogen-bond donors (Lipinski definition) is 1. The van der Waals surface area contributed by atoms with Crippen molar-refractivity contribution < 1.29 is 18.3 Å². The third-order valence-electron chi connectivity index (χ3n) is 0.988. The van der Waals surface area contributed by atoms with Crippen LogP contribution in [0.2, 0.25) is 0 Å². The Kier molecular flexibility index (Phi) is 3.89. The van der Waals surface area contributed by atoms with Gasteiger partial charge >= 0.3 is 6.18 Å². The van der Waals surface area contributed by atoms with E-state index in [2.05, 4.69) is 6.58 Å². The van der Waals surface area contributed by atoms with Crippen LogP contribution in [-0.4, -0.2) is 11.3 Å². The zero-order chi connectivity index (χ0) is 9.78. The number of rotatable bonds is 2. The Morgan fingerprint density at radius 2 is 1.92 bits per heavy atom. The first kappa shape index (κ1) is 11.1. The summed E-state index contributed by atoms with van der Waals surface area (Å²) in [5.41, 5.74) is -1.07. The predicted octanol–water partition coefficient (Wildman–Crippen LogP) is 3.30. The van der Waals surface area contributed by atoms with Crippen LogP contribution < -0.4 is 0 Å². The lowest BCUT2D eigenvalue weighted by Gasteiger charge is -2.07. The largest absolute Gasteiger partial charge is 0.516 e. The molecule has 1 nitrogen and oxygen atoms in total. The lowest BCUT2D eigenvalue weighted by Crippen LogP contribution is -2.10. The first-order valence-corrected chi connectivity index (χ1v) is 3.21. The molecule has 0 radical (unpaired) electrons. The maximum atomic E-state index is 12.0. The van der Waals surface area contributed by atoms with Crippen molar-refractivity contribution in [2.24, 2.45) is 0 Å². The Hall–Kier alpha value is -0.900. The minimum Gasteiger partial charge on any atom is -0.516 e. The van der Waals surface area contributed by atoms with Crippen molar-refractivity contribution in [2.75, 3.05) is 0 Å². The Bertz CT molecular complexity index is 227. The minimum atomic E-state index is -4.54. The molecule has 12 heavy (non-hydrogen) atoms. The van der Waals surface area contributed by atoms with Crippen molar-refractivity contribution >= 4 is 11.6 Å². The molecule has 0 rings (SSSR count). The summed E-state index contributed by atoms with van der Waals surface area (Å²) in [4.78, 5) is 0. The predicted molar refractivity (Wildman–Crippen MR) is 40.9 cm³/mol. The molecule has 0 amide bonds. The van der Waals surface area contributed by atoms with Gasteiger partial charge in [-0.05, 0) is 6.08 Å². The molecule has 0 saturated heterocycles. The Morgan fingerprint density at radius 3 is 2.17 bits per heavy atom. The fourth-order valence-corrected chi connectivity index (χ4v) is 0.744. The maximum Gasteiger partial charge on any atom is 0.417 e. The molecule has 1 N–H and O–H groups in total. The third-order valence-corrected chi connectivity index (χ3v) is 1.32. The standard InChI is InChI=1S/C7H6ClF3O/c1-2-5(7(9,10)11)6(8)3-4-12/h2-4,12H,1H2/b4-3-,6-5-. The molecule has 0 aliphatic carbocycles. The summed E-state index contributed by atoms with van der Waals surface area (Å²) in [6, 6.07) is 0. The van der Waals surface area contributed by atoms with Crippen LogP contribution in [0, 0.1) is 0 Å². The molecular formula is C7H6ClF3O. The van der Waals surface area contributed by atoms with Gasteiger partial charge in [-0.2, -0.15) is 13.2 Å². The molecule has 0 heterocycles. The van der Waals surface area contributed by atoms with Crippen LogP contribution in [0.4, 0.5) is 13.2 Å². The van der Waals surface area contributed by atoms with E-state index in [9.17, 15) is 13.2 Å². The lowest BCUT2D eigenvalue weighted by atomic mass is 10.2. The van der Waals surface area contributed by atoms with E-state index >= 15 is 0 Å². The summed E-state index contributed by atoms with van der Waals surface area (Å²) in [7, 11) is 0. The van der Waals surface area contributed by atoms with E-state index in [-0.39, 0.29) is 0 Å². The molecule has 68 valence electrons. The number of alkyl halides is 3. The van der Waals surface area contributed by atoms with Gasteiger partial charge in [0.05, 0.1) is 16.9 Å². The van der Waals surface area contributed by atoms with Gasteiger partial charge in [0.25, 0.3) is 0 Å². The second-order valence-corrected chi connectivity index (χ2v) is 2.19. The van der Waals surface area contributed by atoms with Gasteiger partial charge in [0, 0.05) is 0 Å². The van der Waals surface area contributed by atoms with Crippen molar-refractivity contribution in [1.29, 1.82) is 0 Å². The molecule has 0 aromatic carbocycles. The molecular weight excluding hydrogens is 193 g/mol. The van der Waals surface area contributed by atoms with E-state index in [1.807, 2.05) is 0 Å². The number of halogens is 4. The van der Waals surface area contributed by atoms with Crippen LogP contribution in [0.1, 0.15) is 0 Å². The molecule has 0 aromatic rings. The quantitative estimate of drug-likeness (QED) is 0.533. The van der Waals surface area contributed by atoms with Crippen LogP contribution in [0.3, 0.4) is 0 Å². The average molecular weight is 199 g/mol. The fraction of sp³-hybridized carbons (Fsp3) is 0.143. The van der Waals surface area contributed by atoms with Crippen molar-refractivity contribution in [2.45, 2.75) is 6.18 Å². The molecule has 0 bridgehead atoms. The van der Waals surface area contributed by atoms with Gasteiger partial charge in [-0.25, -0.2) is 0 Å². The zero-order valence-electron chi connectivity index (χ0n) is 5.90. The molecule has 0 aliphatic rings. The summed E-state index contributed by atoms with van der Waals surface area (Å²) >= 11 is 5.17. The fourth-order valence-electron chi connectivity index (χ4n) is 0.504. The summed E-state index contributed by atoms with van der Waals surface area (Å²) in [5, 5.41) is 7.55. The SMILES string of the molecule is C=C/C(=C(Cl)\C=C/O)C(F)(F)F. The lowest BCUT2D eigenvalue weighted by molar-refractivity contribution is -0.0883. The van der Waals surface area contributed by atoms with E-state index in [4.69, 9.17) is 16.7 Å². The second-order valence-electron chi connectivity index (χ2n) is 1.78. The van der Waals surface area contributed by atoms with Crippen molar-refractivity contribution in [3.63, 3.8) is 0 Å². The number of hydrogen-bond acceptors (Lipinski definition) is 1. The van der Waals surface area contributed by atoms with Gasteiger partial charge in [-0.3, -0.25) is 0 Å². The first-order chi connectivity index (χ1) is 5.43. The van der Waals surface area contributed by atoms with Crippen LogP contribution >= 0.6 is 11.6 Å². The Labute approximate surface area is 72.5 Å². The van der Waals surface area contributed by atoms with E-state index in [0.717, 1.165) is 6.08 Å². The maximum absolute atomic E-state index is 12.0. The smallest absolute Gasteiger partial charge is 0.417 e. The highest BCUT2D eigenvalue weighted by atomic mass is 35.5. The third kappa shape index (κ3) is 3.00. The number of allylic oxidation sites excluding steroid dienone is 4. The highest BCUT2D eigenvalue weighted by molar-refractivity contribution is 6.31. The topological polar surface area (TPSA) is 20.2 Å². The van der Waals surface area contributed by atoms with Crippen LogP contribution in [0.15, 0.2) is 35.6 Å². The Balaban J connectivity index is 5.00. The molecule has 0 aromatic heterocycles. The van der Waals surface area contributed by atoms with Gasteiger partial charge in [0.15, 0.2) is 0 Å². The van der Waals surface area contributed by atoms with Gasteiger partial charge in [0.1, 0.15) is 0 Å². The van der Waals surface area contributed by atoms with Gasteiger partial charge < -0.3 is 5.11 Å². The second kappa shape index (κ2) is 4.21. The molecule has 5 heteroatoms. The summed E-state index contributed by atoms with van der Waals surface area (Å²) < 4.78 is 35.9. The number of aliphatic hydroxyl groups excluding tert-OH is 1. The van der Waals surface area contributed by atoms with E-state index in [1.165, 1.54) is 0 Å². The van der Waals surface area contributed by atoms with E-state index in [0.29, 0.717) is 12.3 Å². The van der Waals surface area contributed by atoms with Crippen LogP contribution in [-0.2, 0) is 0 Å². The summed E-state index contributed by atoms with van der Waals surface area (Å²) in [6.07, 6.45) is -2.80. The van der Waals surface area contributed by atoms with Crippen molar-refractivity contribution in [3.8, 4) is 0 Å². The van der Waals surface area contributed by atoms with Crippen LogP contribution in [0.5, 0.6) is 0 Å². The monoisotopic (exact) mass is 198 g/mol. The average Bonchev–Trinajstić information content (AvgIpc) is 1.85. The summed E-state index contributed by atoms with van der Waals surface area (Å²) in [6.45, 7) is 2.95. The van der Waals surface area contributed by atoms with Gasteiger partial charge in [-0.15, -0.1) is 0 Å². The van der Waals surface area contributed by atoms with Crippen LogP contribution in [0.25, 0.3) is 0 Å². The van der Waals surface area contributed by atoms with Gasteiger partial charge in [-0.1, -0.05) is 24.3 Å². The first-order valence-electron chi connectivity index (χ1n) is 2.83. The molecule has 0 saturated carbocycles. The van der Waals surface area contributed by atoms with Gasteiger partial charge in [0.2, 0.25) is 0 Å². The molecule has 0 unspecified atom stereocenters. The molecule has 0 atom stereocenters. The molecule has 0 fully saturated rings. The summed E-state index contributed by atoms with van der Waals surface area (Å²) in [5.74, 6) is 0. The van der Waals surface area contributed by atoms with E-state index in [1.54, 1.807) is 0 Å². The minimum absolute atomic E-state index is 0.428. The molecule has 0 spiro atoms. The highest BCUT2D eigenvalue weighted by Gasteiger charge is 2.33. The van der Waals surface area contributed by atoms with Crippen molar-refractivity contribution in [3.05, 3.63) is 35.6 Å². The highest BCUT2D eigenvalue weighted by Crippen LogP contribution is 2.30. The molecule has 0 aliphatic heterocycles. The van der Waals surface area contributed by atoms with Crippen molar-refractivity contribution in [1.82, 2.24) is 0 Å². The normalized spacial score (nSPS) is 14.7. The Morgan fingerprint density at radius 1 is 1.42 bits per heavy atom.